The number of halogens is 4. The van der Waals surface area contributed by atoms with Crippen LogP contribution < -0.4 is 19.5 Å². The number of hydrogen-bond donors (Lipinski definition) is 1. The Balaban J connectivity index is 0.000000171. The predicted molar refractivity (Wildman–Crippen MR) is 324 cm³/mol. The average Bonchev–Trinajstić information content (AvgIpc) is 2.93. The number of methoxy groups -OCH3 is 3. The van der Waals surface area contributed by atoms with E-state index in [2.05, 4.69) is 48.4 Å². The molecule has 9 aromatic rings. The lowest BCUT2D eigenvalue weighted by Crippen LogP contribution is -2.34. The Bertz CT molecular complexity index is 3980. The van der Waals surface area contributed by atoms with Crippen LogP contribution in [0.5, 0.6) is 34.8 Å². The van der Waals surface area contributed by atoms with E-state index in [-0.39, 0.29) is 29.0 Å². The van der Waals surface area contributed by atoms with Crippen LogP contribution in [-0.2, 0) is 47.9 Å². The number of aromatic nitrogens is 7. The molecule has 0 radical (unpaired) electrons. The third kappa shape index (κ3) is 17.1. The minimum absolute atomic E-state index is 0.0606. The fourth-order valence-corrected chi connectivity index (χ4v) is 8.77. The first-order chi connectivity index (χ1) is 42.4. The second-order valence-electron chi connectivity index (χ2n) is 19.5. The highest BCUT2D eigenvalue weighted by Gasteiger charge is 2.44. The van der Waals surface area contributed by atoms with Crippen molar-refractivity contribution in [1.29, 1.82) is 5.26 Å². The van der Waals surface area contributed by atoms with Crippen LogP contribution in [0.4, 0.5) is 14.5 Å². The minimum atomic E-state index is -2.82. The molecule has 6 aromatic carbocycles. The quantitative estimate of drug-likeness (QED) is 0.0388. The zero-order chi connectivity index (χ0) is 62.8. The van der Waals surface area contributed by atoms with Gasteiger partial charge in [0.05, 0.1) is 55.4 Å². The average molecular weight is 1230 g/mol. The van der Waals surface area contributed by atoms with Gasteiger partial charge in [-0.15, -0.1) is 0 Å². The second kappa shape index (κ2) is 29.9. The maximum Gasteiger partial charge on any atom is 0.341 e. The molecule has 0 bridgehead atoms. The van der Waals surface area contributed by atoms with E-state index in [1.165, 1.54) is 57.1 Å². The molecule has 2 atom stereocenters. The summed E-state index contributed by atoms with van der Waals surface area (Å²) in [5.41, 5.74) is 3.86. The van der Waals surface area contributed by atoms with E-state index in [4.69, 9.17) is 61.1 Å². The van der Waals surface area contributed by atoms with Crippen LogP contribution >= 0.6 is 23.2 Å². The Labute approximate surface area is 515 Å². The van der Waals surface area contributed by atoms with Crippen LogP contribution in [0, 0.1) is 23.2 Å². The summed E-state index contributed by atoms with van der Waals surface area (Å²) in [4.78, 5) is 36.6. The summed E-state index contributed by atoms with van der Waals surface area (Å²) in [6.45, 7) is 6.56. The number of anilines is 1. The number of esters is 1. The summed E-state index contributed by atoms with van der Waals surface area (Å²) in [6.07, 6.45) is 4.03. The smallest absolute Gasteiger partial charge is 0.341 e. The number of carbonyl (C=O) groups excluding carboxylic acids is 2. The molecule has 88 heavy (non-hydrogen) atoms. The van der Waals surface area contributed by atoms with Crippen LogP contribution in [-0.4, -0.2) is 86.0 Å². The van der Waals surface area contributed by atoms with Crippen molar-refractivity contribution in [2.45, 2.75) is 51.2 Å². The molecule has 0 aliphatic carbocycles. The van der Waals surface area contributed by atoms with Gasteiger partial charge in [-0.25, -0.2) is 33.2 Å². The van der Waals surface area contributed by atoms with Crippen molar-refractivity contribution >= 4 is 46.3 Å². The Morgan fingerprint density at radius 2 is 1.49 bits per heavy atom. The lowest BCUT2D eigenvalue weighted by molar-refractivity contribution is -0.186. The molecule has 450 valence electrons. The highest BCUT2D eigenvalue weighted by molar-refractivity contribution is 6.31. The van der Waals surface area contributed by atoms with E-state index in [0.29, 0.717) is 68.6 Å². The Hall–Kier alpha value is -10.0. The molecule has 1 amide bonds. The van der Waals surface area contributed by atoms with Crippen LogP contribution in [0.15, 0.2) is 177 Å². The predicted octanol–water partition coefficient (Wildman–Crippen LogP) is 13.8. The molecular weight excluding hydrogens is 1180 g/mol. The molecule has 10 rings (SSSR count). The molecule has 1 N–H and O–H groups in total. The summed E-state index contributed by atoms with van der Waals surface area (Å²) >= 11 is 12.5. The Morgan fingerprint density at radius 3 is 2.10 bits per heavy atom. The molecule has 1 fully saturated rings. The summed E-state index contributed by atoms with van der Waals surface area (Å²) in [5, 5.41) is 20.8. The van der Waals surface area contributed by atoms with Crippen LogP contribution in [0.25, 0.3) is 16.7 Å². The number of ether oxygens (including phenoxy) is 8. The van der Waals surface area contributed by atoms with E-state index in [9.17, 15) is 23.6 Å². The number of aryl methyl sites for hydroxylation is 1. The van der Waals surface area contributed by atoms with Gasteiger partial charge in [-0.3, -0.25) is 9.48 Å². The van der Waals surface area contributed by atoms with Crippen molar-refractivity contribution in [3.63, 3.8) is 0 Å². The van der Waals surface area contributed by atoms with Gasteiger partial charge in [0, 0.05) is 47.8 Å². The number of rotatable bonds is 17. The fourth-order valence-electron chi connectivity index (χ4n) is 8.33. The number of hydrogen-bond acceptors (Lipinski definition) is 16. The Kier molecular flexibility index (Phi) is 21.7. The van der Waals surface area contributed by atoms with Gasteiger partial charge < -0.3 is 43.2 Å². The molecular formula is C65H57Cl2F2N9O10. The van der Waals surface area contributed by atoms with Crippen molar-refractivity contribution in [2.75, 3.05) is 33.3 Å². The van der Waals surface area contributed by atoms with E-state index >= 15 is 0 Å². The van der Waals surface area contributed by atoms with Gasteiger partial charge in [-0.1, -0.05) is 89.6 Å². The van der Waals surface area contributed by atoms with E-state index in [0.717, 1.165) is 16.7 Å². The monoisotopic (exact) mass is 1230 g/mol. The van der Waals surface area contributed by atoms with E-state index in [1.54, 1.807) is 109 Å². The normalized spacial score (nSPS) is 14.4. The zero-order valence-corrected chi connectivity index (χ0v) is 50.0. The maximum atomic E-state index is 13.1. The van der Waals surface area contributed by atoms with Gasteiger partial charge in [0.1, 0.15) is 71.5 Å². The van der Waals surface area contributed by atoms with Crippen LogP contribution in [0.2, 0.25) is 10.0 Å². The topological polar surface area (TPSA) is 218 Å². The maximum absolute atomic E-state index is 13.1. The number of carbonyl (C=O) groups is 2. The second-order valence-corrected chi connectivity index (χ2v) is 20.4. The summed E-state index contributed by atoms with van der Waals surface area (Å²) in [6, 6.07) is 44.7. The first-order valence-electron chi connectivity index (χ1n) is 26.8. The molecule has 2 unspecified atom stereocenters. The highest BCUT2D eigenvalue weighted by atomic mass is 35.5. The molecule has 23 heteroatoms. The number of para-hydroxylation sites is 2. The first-order valence-corrected chi connectivity index (χ1v) is 27.5. The van der Waals surface area contributed by atoms with Crippen molar-refractivity contribution < 1.29 is 56.3 Å². The standard InChI is InChI=1S/C24H23F2N3O2.C22H17N3O5.C19H17Cl2N3O3/c1-24(2,31-4)14-13-16-5-7-17(8-6-16)18-9-11-19(12-10-18)27-23(30)20-15-29(3)28-21(20)22(25)26;1-27-13-17(22(26)28-2)16-8-4-6-10-19(16)30-21-11-20(24-14-25-21)29-18-9-5-3-7-15(18)12-23;1-13-9-25-19(27-13,10-24-12-22-11-23-24)17-7-6-16(8-18(17)21)26-15-4-2-14(20)3-5-15/h5-12,15,22H,1-4H3,(H,27,30);3-11,13-14H,1-2H3;2-8,11-13H,9-10H2,1H3/b;17-13+;. The molecule has 1 aliphatic heterocycles. The number of benzene rings is 6. The van der Waals surface area contributed by atoms with Gasteiger partial charge in [0.25, 0.3) is 12.3 Å². The van der Waals surface area contributed by atoms with Crippen molar-refractivity contribution in [3.8, 4) is 63.8 Å². The molecule has 1 saturated heterocycles. The lowest BCUT2D eigenvalue weighted by atomic mass is 10.0. The molecule has 0 spiro atoms. The van der Waals surface area contributed by atoms with Crippen molar-refractivity contribution in [3.05, 3.63) is 221 Å². The molecule has 3 aromatic heterocycles. The summed E-state index contributed by atoms with van der Waals surface area (Å²) in [5.74, 6) is 6.30. The van der Waals surface area contributed by atoms with Gasteiger partial charge in [-0.05, 0) is 117 Å². The Morgan fingerprint density at radius 1 is 0.830 bits per heavy atom. The third-order valence-electron chi connectivity index (χ3n) is 12.7. The number of alkyl halides is 2. The number of nitrogens with one attached hydrogen (secondary N) is 1. The van der Waals surface area contributed by atoms with Crippen molar-refractivity contribution in [1.82, 2.24) is 34.5 Å². The minimum Gasteiger partial charge on any atom is -0.503 e. The molecule has 4 heterocycles. The van der Waals surface area contributed by atoms with Crippen molar-refractivity contribution in [2.24, 2.45) is 7.05 Å². The fraction of sp³-hybridized carbons (Fsp3) is 0.200. The van der Waals surface area contributed by atoms with Gasteiger partial charge >= 0.3 is 5.97 Å². The third-order valence-corrected chi connectivity index (χ3v) is 13.3. The summed E-state index contributed by atoms with van der Waals surface area (Å²) < 4.78 is 73.6. The number of amides is 1. The largest absolute Gasteiger partial charge is 0.503 e. The summed E-state index contributed by atoms with van der Waals surface area (Å²) in [7, 11) is 5.83. The lowest BCUT2D eigenvalue weighted by Gasteiger charge is -2.29. The van der Waals surface area contributed by atoms with Gasteiger partial charge in [0.2, 0.25) is 17.5 Å². The molecule has 0 saturated carbocycles. The zero-order valence-electron chi connectivity index (χ0n) is 48.5. The molecule has 1 aliphatic rings. The van der Waals surface area contributed by atoms with E-state index in [1.807, 2.05) is 69.3 Å². The first kappa shape index (κ1) is 64.0. The molecule has 19 nitrogen and oxygen atoms in total. The number of nitriles is 1. The highest BCUT2D eigenvalue weighted by Crippen LogP contribution is 2.41. The van der Waals surface area contributed by atoms with Gasteiger partial charge in [-0.2, -0.15) is 15.5 Å². The number of nitrogens with zero attached hydrogens (tertiary/aromatic N) is 8. The van der Waals surface area contributed by atoms with Gasteiger partial charge in [0.15, 0.2) is 0 Å². The van der Waals surface area contributed by atoms with E-state index < -0.39 is 35.4 Å². The SMILES string of the molecule is CC1COC(Cn2cncn2)(c2ccc(Oc3ccc(Cl)cc3)cc2Cl)O1.CO/C=C(/C(=O)OC)c1ccccc1Oc1cc(Oc2ccccc2C#N)ncn1.COC(C)(C)C#Cc1ccc(-c2ccc(NC(=O)c3cn(C)nc3C(F)F)cc2)cc1. The van der Waals surface area contributed by atoms with Crippen LogP contribution in [0.1, 0.15) is 65.5 Å². The van der Waals surface area contributed by atoms with Crippen LogP contribution in [0.3, 0.4) is 0 Å².